The Balaban J connectivity index is 1.53. The van der Waals surface area contributed by atoms with Crippen LogP contribution in [0.3, 0.4) is 0 Å². The van der Waals surface area contributed by atoms with Gasteiger partial charge >= 0.3 is 6.09 Å². The van der Waals surface area contributed by atoms with Gasteiger partial charge in [-0.15, -0.1) is 10.2 Å². The summed E-state index contributed by atoms with van der Waals surface area (Å²) >= 11 is 6.15. The van der Waals surface area contributed by atoms with Gasteiger partial charge in [0.25, 0.3) is 0 Å². The number of aromatic nitrogens is 2. The first-order chi connectivity index (χ1) is 16.8. The number of halogens is 1. The first kappa shape index (κ1) is 26.5. The summed E-state index contributed by atoms with van der Waals surface area (Å²) in [6.45, 7) is 10.2. The highest BCUT2D eigenvalue weighted by atomic mass is 35.5. The molecule has 0 radical (unpaired) electrons. The predicted octanol–water partition coefficient (Wildman–Crippen LogP) is 5.93. The van der Waals surface area contributed by atoms with Gasteiger partial charge in [-0.05, 0) is 90.6 Å². The van der Waals surface area contributed by atoms with Crippen molar-refractivity contribution >= 4 is 23.5 Å². The molecule has 2 aliphatic heterocycles. The summed E-state index contributed by atoms with van der Waals surface area (Å²) < 4.78 is 16.5. The first-order valence-electron chi connectivity index (χ1n) is 12.4. The van der Waals surface area contributed by atoms with E-state index in [2.05, 4.69) is 36.0 Å². The van der Waals surface area contributed by atoms with Crippen LogP contribution in [0.2, 0.25) is 5.02 Å². The number of carbonyl (C=O) groups excluding carboxylic acids is 1. The Morgan fingerprint density at radius 2 is 1.81 bits per heavy atom. The molecule has 2 aromatic rings. The van der Waals surface area contributed by atoms with E-state index in [0.717, 1.165) is 37.1 Å². The average Bonchev–Trinajstić information content (AvgIpc) is 2.97. The summed E-state index contributed by atoms with van der Waals surface area (Å²) in [6, 6.07) is 9.55. The van der Waals surface area contributed by atoms with Crippen LogP contribution < -0.4 is 9.64 Å². The molecule has 3 heterocycles. The standard InChI is InChI=1S/C27H37ClN4O4/c1-25(2,3)36-24(33)32-26(4)12-13-27(32,5)16-19(15-26)31(6)23-11-10-21(29-30-23)20-9-8-18(28)14-22(20)35-17-34-7/h8-11,14,19H,12-13,15-17H2,1-7H3/t19?,26-,27+. The molecular formula is C27H37ClN4O4. The zero-order chi connectivity index (χ0) is 26.3. The molecule has 3 atom stereocenters. The van der Waals surface area contributed by atoms with Gasteiger partial charge in [0.15, 0.2) is 12.6 Å². The summed E-state index contributed by atoms with van der Waals surface area (Å²) in [4.78, 5) is 17.4. The quantitative estimate of drug-likeness (QED) is 0.440. The number of hydrogen-bond donors (Lipinski definition) is 0. The number of piperidine rings is 1. The molecule has 196 valence electrons. The lowest BCUT2D eigenvalue weighted by atomic mass is 9.82. The van der Waals surface area contributed by atoms with Crippen molar-refractivity contribution in [2.24, 2.45) is 0 Å². The van der Waals surface area contributed by atoms with Crippen LogP contribution in [-0.4, -0.2) is 64.9 Å². The van der Waals surface area contributed by atoms with Crippen LogP contribution in [0.4, 0.5) is 10.6 Å². The number of carbonyl (C=O) groups is 1. The van der Waals surface area contributed by atoms with Crippen LogP contribution in [0.15, 0.2) is 30.3 Å². The number of amides is 1. The van der Waals surface area contributed by atoms with Gasteiger partial charge in [0.1, 0.15) is 11.4 Å². The lowest BCUT2D eigenvalue weighted by molar-refractivity contribution is -0.0357. The fourth-order valence-electron chi connectivity index (χ4n) is 5.70. The van der Waals surface area contributed by atoms with Gasteiger partial charge in [-0.3, -0.25) is 4.90 Å². The number of hydrogen-bond acceptors (Lipinski definition) is 7. The molecule has 1 aromatic carbocycles. The Morgan fingerprint density at radius 1 is 1.14 bits per heavy atom. The summed E-state index contributed by atoms with van der Waals surface area (Å²) in [6.07, 6.45) is 3.38. The number of rotatable bonds is 6. The minimum atomic E-state index is -0.521. The number of methoxy groups -OCH3 is 1. The average molecular weight is 517 g/mol. The summed E-state index contributed by atoms with van der Waals surface area (Å²) in [5, 5.41) is 9.61. The van der Waals surface area contributed by atoms with Crippen LogP contribution in [-0.2, 0) is 9.47 Å². The number of fused-ring (bicyclic) bond motifs is 2. The molecule has 2 saturated heterocycles. The highest BCUT2D eigenvalue weighted by Crippen LogP contribution is 2.52. The van der Waals surface area contributed by atoms with Gasteiger partial charge in [-0.25, -0.2) is 4.79 Å². The Morgan fingerprint density at radius 3 is 2.36 bits per heavy atom. The predicted molar refractivity (Wildman–Crippen MR) is 141 cm³/mol. The molecule has 0 aliphatic carbocycles. The number of ether oxygens (including phenoxy) is 3. The second-order valence-electron chi connectivity index (χ2n) is 11.5. The molecule has 2 aliphatic rings. The molecule has 0 spiro atoms. The van der Waals surface area contributed by atoms with E-state index < -0.39 is 5.60 Å². The third-order valence-corrected chi connectivity index (χ3v) is 7.56. The Bertz CT molecular complexity index is 1090. The monoisotopic (exact) mass is 516 g/mol. The van der Waals surface area contributed by atoms with E-state index in [1.807, 2.05) is 43.9 Å². The first-order valence-corrected chi connectivity index (χ1v) is 12.7. The third-order valence-electron chi connectivity index (χ3n) is 7.32. The minimum Gasteiger partial charge on any atom is -0.467 e. The van der Waals surface area contributed by atoms with Crippen molar-refractivity contribution in [3.8, 4) is 17.0 Å². The molecule has 2 fully saturated rings. The van der Waals surface area contributed by atoms with Crippen molar-refractivity contribution in [1.29, 1.82) is 0 Å². The second kappa shape index (κ2) is 9.71. The molecule has 1 unspecified atom stereocenters. The molecular weight excluding hydrogens is 480 g/mol. The Labute approximate surface area is 218 Å². The molecule has 0 N–H and O–H groups in total. The topological polar surface area (TPSA) is 77.0 Å². The van der Waals surface area contributed by atoms with Crippen molar-refractivity contribution in [2.45, 2.75) is 83.0 Å². The van der Waals surface area contributed by atoms with E-state index in [1.165, 1.54) is 0 Å². The van der Waals surface area contributed by atoms with Gasteiger partial charge in [0.2, 0.25) is 0 Å². The van der Waals surface area contributed by atoms with Crippen molar-refractivity contribution in [2.75, 3.05) is 25.9 Å². The lowest BCUT2D eigenvalue weighted by Gasteiger charge is -2.52. The number of nitrogens with zero attached hydrogens (tertiary/aromatic N) is 4. The Kier molecular flexibility index (Phi) is 7.14. The third kappa shape index (κ3) is 5.25. The maximum Gasteiger partial charge on any atom is 0.411 e. The SMILES string of the molecule is COCOc1cc(Cl)ccc1-c1ccc(N(C)C2C[C@]3(C)CC[C@](C)(C2)N3C(=O)OC(C)(C)C)nn1. The van der Waals surface area contributed by atoms with E-state index in [0.29, 0.717) is 16.5 Å². The van der Waals surface area contributed by atoms with Crippen molar-refractivity contribution < 1.29 is 19.0 Å². The molecule has 0 saturated carbocycles. The van der Waals surface area contributed by atoms with Crippen molar-refractivity contribution in [3.63, 3.8) is 0 Å². The molecule has 1 amide bonds. The smallest absolute Gasteiger partial charge is 0.411 e. The van der Waals surface area contributed by atoms with Crippen molar-refractivity contribution in [1.82, 2.24) is 15.1 Å². The lowest BCUT2D eigenvalue weighted by Crippen LogP contribution is -2.63. The maximum absolute atomic E-state index is 13.2. The largest absolute Gasteiger partial charge is 0.467 e. The summed E-state index contributed by atoms with van der Waals surface area (Å²) in [5.74, 6) is 1.38. The van der Waals surface area contributed by atoms with E-state index in [4.69, 9.17) is 25.8 Å². The molecule has 4 rings (SSSR count). The van der Waals surface area contributed by atoms with Gasteiger partial charge in [0, 0.05) is 41.9 Å². The van der Waals surface area contributed by atoms with E-state index in [9.17, 15) is 4.79 Å². The van der Waals surface area contributed by atoms with Crippen LogP contribution in [0, 0.1) is 0 Å². The number of benzene rings is 1. The normalized spacial score (nSPS) is 25.6. The molecule has 36 heavy (non-hydrogen) atoms. The highest BCUT2D eigenvalue weighted by Gasteiger charge is 2.59. The zero-order valence-electron chi connectivity index (χ0n) is 22.3. The Hall–Kier alpha value is -2.58. The van der Waals surface area contributed by atoms with Crippen LogP contribution >= 0.6 is 11.6 Å². The maximum atomic E-state index is 13.2. The summed E-state index contributed by atoms with van der Waals surface area (Å²) in [7, 11) is 3.62. The second-order valence-corrected chi connectivity index (χ2v) is 11.9. The summed E-state index contributed by atoms with van der Waals surface area (Å²) in [5.41, 5.74) is 0.430. The molecule has 9 heteroatoms. The molecule has 1 aromatic heterocycles. The van der Waals surface area contributed by atoms with Crippen LogP contribution in [0.1, 0.15) is 60.3 Å². The molecule has 8 nitrogen and oxygen atoms in total. The van der Waals surface area contributed by atoms with E-state index >= 15 is 0 Å². The van der Waals surface area contributed by atoms with Gasteiger partial charge in [0.05, 0.1) is 5.69 Å². The highest BCUT2D eigenvalue weighted by molar-refractivity contribution is 6.30. The zero-order valence-corrected chi connectivity index (χ0v) is 23.1. The van der Waals surface area contributed by atoms with Crippen LogP contribution in [0.25, 0.3) is 11.3 Å². The fourth-order valence-corrected chi connectivity index (χ4v) is 5.87. The van der Waals surface area contributed by atoms with Crippen LogP contribution in [0.5, 0.6) is 5.75 Å². The van der Waals surface area contributed by atoms with E-state index in [-0.39, 0.29) is 30.0 Å². The molecule has 2 bridgehead atoms. The fraction of sp³-hybridized carbons (Fsp3) is 0.593. The number of anilines is 1. The van der Waals surface area contributed by atoms with Gasteiger partial charge in [-0.2, -0.15) is 0 Å². The minimum absolute atomic E-state index is 0.112. The van der Waals surface area contributed by atoms with E-state index in [1.54, 1.807) is 19.2 Å². The van der Waals surface area contributed by atoms with Gasteiger partial charge < -0.3 is 19.1 Å². The van der Waals surface area contributed by atoms with Gasteiger partial charge in [-0.1, -0.05) is 11.6 Å². The van der Waals surface area contributed by atoms with Crippen molar-refractivity contribution in [3.05, 3.63) is 35.4 Å².